The molecular weight excluding hydrogens is 234 g/mol. The van der Waals surface area contributed by atoms with Gasteiger partial charge in [0.2, 0.25) is 0 Å². The van der Waals surface area contributed by atoms with Crippen molar-refractivity contribution in [1.82, 2.24) is 15.1 Å². The number of methoxy groups -OCH3 is 1. The summed E-state index contributed by atoms with van der Waals surface area (Å²) < 4.78 is 5.28. The van der Waals surface area contributed by atoms with Crippen LogP contribution in [-0.4, -0.2) is 67.2 Å². The summed E-state index contributed by atoms with van der Waals surface area (Å²) in [7, 11) is 3.35. The van der Waals surface area contributed by atoms with Gasteiger partial charge in [-0.3, -0.25) is 4.79 Å². The second kappa shape index (κ2) is 4.12. The SMILES string of the molecule is CO[C@@H]1C(=O)N(C)[C@@H]2CN(C(=O)NC3CC3)C[C@H]12. The van der Waals surface area contributed by atoms with E-state index in [0.29, 0.717) is 19.1 Å². The molecule has 0 spiro atoms. The van der Waals surface area contributed by atoms with E-state index in [2.05, 4.69) is 5.32 Å². The number of hydrogen-bond donors (Lipinski definition) is 1. The van der Waals surface area contributed by atoms with Gasteiger partial charge in [0, 0.05) is 39.2 Å². The van der Waals surface area contributed by atoms with Crippen LogP contribution in [0.25, 0.3) is 0 Å². The van der Waals surface area contributed by atoms with E-state index in [1.165, 1.54) is 0 Å². The number of rotatable bonds is 2. The molecule has 1 N–H and O–H groups in total. The zero-order valence-electron chi connectivity index (χ0n) is 10.8. The second-order valence-corrected chi connectivity index (χ2v) is 5.47. The fourth-order valence-corrected chi connectivity index (χ4v) is 3.00. The van der Waals surface area contributed by atoms with Gasteiger partial charge in [-0.1, -0.05) is 0 Å². The van der Waals surface area contributed by atoms with E-state index < -0.39 is 6.10 Å². The van der Waals surface area contributed by atoms with Gasteiger partial charge in [-0.25, -0.2) is 4.79 Å². The smallest absolute Gasteiger partial charge is 0.317 e. The van der Waals surface area contributed by atoms with Gasteiger partial charge in [0.25, 0.3) is 5.91 Å². The topological polar surface area (TPSA) is 61.9 Å². The molecular formula is C12H19N3O3. The van der Waals surface area contributed by atoms with Crippen LogP contribution in [0.15, 0.2) is 0 Å². The second-order valence-electron chi connectivity index (χ2n) is 5.47. The molecule has 0 aromatic heterocycles. The number of fused-ring (bicyclic) bond motifs is 1. The zero-order chi connectivity index (χ0) is 12.9. The predicted molar refractivity (Wildman–Crippen MR) is 64.0 cm³/mol. The molecule has 100 valence electrons. The molecule has 6 heteroatoms. The van der Waals surface area contributed by atoms with Crippen molar-refractivity contribution < 1.29 is 14.3 Å². The third kappa shape index (κ3) is 1.75. The fraction of sp³-hybridized carbons (Fsp3) is 0.833. The maximum absolute atomic E-state index is 12.0. The Hall–Kier alpha value is -1.30. The van der Waals surface area contributed by atoms with E-state index in [0.717, 1.165) is 12.8 Å². The number of carbonyl (C=O) groups is 2. The summed E-state index contributed by atoms with van der Waals surface area (Å²) in [4.78, 5) is 27.4. The first-order valence-electron chi connectivity index (χ1n) is 6.46. The highest BCUT2D eigenvalue weighted by molar-refractivity contribution is 5.85. The van der Waals surface area contributed by atoms with E-state index in [-0.39, 0.29) is 23.9 Å². The van der Waals surface area contributed by atoms with Crippen LogP contribution < -0.4 is 5.32 Å². The van der Waals surface area contributed by atoms with Gasteiger partial charge in [-0.2, -0.15) is 0 Å². The standard InChI is InChI=1S/C12H19N3O3/c1-14-9-6-15(12(17)13-7-3-4-7)5-8(9)10(18-2)11(14)16/h7-10H,3-6H2,1-2H3,(H,13,17)/t8-,9+,10-/m0/s1. The van der Waals surface area contributed by atoms with Gasteiger partial charge < -0.3 is 19.9 Å². The molecule has 1 aliphatic carbocycles. The maximum Gasteiger partial charge on any atom is 0.317 e. The molecule has 3 fully saturated rings. The summed E-state index contributed by atoms with van der Waals surface area (Å²) in [5.41, 5.74) is 0. The molecule has 0 aromatic carbocycles. The molecule has 0 unspecified atom stereocenters. The van der Waals surface area contributed by atoms with Crippen LogP contribution in [-0.2, 0) is 9.53 Å². The Bertz CT molecular complexity index is 383. The predicted octanol–water partition coefficient (Wildman–Crippen LogP) is -0.354. The third-order valence-corrected chi connectivity index (χ3v) is 4.26. The van der Waals surface area contributed by atoms with Crippen LogP contribution in [0, 0.1) is 5.92 Å². The number of ether oxygens (including phenoxy) is 1. The first-order chi connectivity index (χ1) is 8.61. The average Bonchev–Trinajstić information content (AvgIpc) is 3.00. The number of nitrogens with zero attached hydrogens (tertiary/aromatic N) is 2. The summed E-state index contributed by atoms with van der Waals surface area (Å²) in [5.74, 6) is 0.146. The van der Waals surface area contributed by atoms with E-state index in [1.54, 1.807) is 19.1 Å². The number of amides is 3. The normalized spacial score (nSPS) is 35.0. The Balaban J connectivity index is 1.67. The molecule has 2 saturated heterocycles. The summed E-state index contributed by atoms with van der Waals surface area (Å²) in [6, 6.07) is 0.477. The Morgan fingerprint density at radius 3 is 2.72 bits per heavy atom. The molecule has 1 saturated carbocycles. The van der Waals surface area contributed by atoms with Crippen molar-refractivity contribution >= 4 is 11.9 Å². The van der Waals surface area contributed by atoms with Crippen molar-refractivity contribution in [3.05, 3.63) is 0 Å². The Labute approximate surface area is 106 Å². The molecule has 2 aliphatic heterocycles. The first kappa shape index (κ1) is 11.8. The largest absolute Gasteiger partial charge is 0.371 e. The number of nitrogens with one attached hydrogen (secondary N) is 1. The van der Waals surface area contributed by atoms with Crippen molar-refractivity contribution in [3.8, 4) is 0 Å². The van der Waals surface area contributed by atoms with Gasteiger partial charge in [0.15, 0.2) is 0 Å². The molecule has 0 radical (unpaired) electrons. The van der Waals surface area contributed by atoms with Crippen LogP contribution in [0.3, 0.4) is 0 Å². The highest BCUT2D eigenvalue weighted by Gasteiger charge is 2.52. The number of urea groups is 1. The first-order valence-corrected chi connectivity index (χ1v) is 6.46. The van der Waals surface area contributed by atoms with Crippen molar-refractivity contribution in [2.45, 2.75) is 31.0 Å². The Kier molecular flexibility index (Phi) is 2.69. The fourth-order valence-electron chi connectivity index (χ4n) is 3.00. The third-order valence-electron chi connectivity index (χ3n) is 4.26. The van der Waals surface area contributed by atoms with Crippen molar-refractivity contribution in [2.75, 3.05) is 27.2 Å². The molecule has 2 heterocycles. The summed E-state index contributed by atoms with van der Waals surface area (Å²) in [5, 5.41) is 2.99. The minimum absolute atomic E-state index is 0.00241. The van der Waals surface area contributed by atoms with E-state index in [4.69, 9.17) is 4.74 Å². The van der Waals surface area contributed by atoms with E-state index in [1.807, 2.05) is 4.90 Å². The monoisotopic (exact) mass is 253 g/mol. The van der Waals surface area contributed by atoms with Crippen molar-refractivity contribution in [3.63, 3.8) is 0 Å². The van der Waals surface area contributed by atoms with Crippen LogP contribution >= 0.6 is 0 Å². The van der Waals surface area contributed by atoms with Gasteiger partial charge in [0.1, 0.15) is 6.10 Å². The molecule has 18 heavy (non-hydrogen) atoms. The molecule has 0 bridgehead atoms. The van der Waals surface area contributed by atoms with Crippen LogP contribution in [0.4, 0.5) is 4.79 Å². The van der Waals surface area contributed by atoms with Crippen LogP contribution in [0.1, 0.15) is 12.8 Å². The van der Waals surface area contributed by atoms with Crippen molar-refractivity contribution in [1.29, 1.82) is 0 Å². The van der Waals surface area contributed by atoms with Gasteiger partial charge >= 0.3 is 6.03 Å². The molecule has 3 atom stereocenters. The molecule has 3 aliphatic rings. The Morgan fingerprint density at radius 2 is 2.11 bits per heavy atom. The lowest BCUT2D eigenvalue weighted by molar-refractivity contribution is -0.136. The van der Waals surface area contributed by atoms with Gasteiger partial charge in [-0.05, 0) is 12.8 Å². The molecule has 3 amide bonds. The lowest BCUT2D eigenvalue weighted by Gasteiger charge is -2.22. The quantitative estimate of drug-likeness (QED) is 0.731. The average molecular weight is 253 g/mol. The van der Waals surface area contributed by atoms with E-state index >= 15 is 0 Å². The summed E-state index contributed by atoms with van der Waals surface area (Å²) in [6.07, 6.45) is 1.79. The maximum atomic E-state index is 12.0. The zero-order valence-corrected chi connectivity index (χ0v) is 10.8. The van der Waals surface area contributed by atoms with Gasteiger partial charge in [-0.15, -0.1) is 0 Å². The molecule has 0 aromatic rings. The highest BCUT2D eigenvalue weighted by Crippen LogP contribution is 2.33. The minimum atomic E-state index is -0.390. The molecule has 3 rings (SSSR count). The number of carbonyl (C=O) groups excluding carboxylic acids is 2. The summed E-state index contributed by atoms with van der Waals surface area (Å²) in [6.45, 7) is 1.23. The lowest BCUT2D eigenvalue weighted by atomic mass is 10.0. The number of likely N-dealkylation sites (N-methyl/N-ethyl adjacent to an activating group) is 1. The van der Waals surface area contributed by atoms with E-state index in [9.17, 15) is 9.59 Å². The highest BCUT2D eigenvalue weighted by atomic mass is 16.5. The van der Waals surface area contributed by atoms with Gasteiger partial charge in [0.05, 0.1) is 6.04 Å². The Morgan fingerprint density at radius 1 is 1.39 bits per heavy atom. The lowest BCUT2D eigenvalue weighted by Crippen LogP contribution is -2.43. The van der Waals surface area contributed by atoms with Crippen LogP contribution in [0.5, 0.6) is 0 Å². The van der Waals surface area contributed by atoms with Crippen molar-refractivity contribution in [2.24, 2.45) is 5.92 Å². The number of likely N-dealkylation sites (tertiary alicyclic amines) is 2. The minimum Gasteiger partial charge on any atom is -0.371 e. The summed E-state index contributed by atoms with van der Waals surface area (Å²) >= 11 is 0. The van der Waals surface area contributed by atoms with Crippen LogP contribution in [0.2, 0.25) is 0 Å². The number of hydrogen-bond acceptors (Lipinski definition) is 3. The molecule has 6 nitrogen and oxygen atoms in total.